The Morgan fingerprint density at radius 1 is 1.35 bits per heavy atom. The number of nitrogens with one attached hydrogen (secondary N) is 1. The molecule has 1 N–H and O–H groups in total. The van der Waals surface area contributed by atoms with Crippen molar-refractivity contribution in [1.29, 1.82) is 0 Å². The Morgan fingerprint density at radius 2 is 2.10 bits per heavy atom. The maximum absolute atomic E-state index is 10.7. The zero-order valence-corrected chi connectivity index (χ0v) is 13.8. The van der Waals surface area contributed by atoms with Crippen molar-refractivity contribution < 1.29 is 9.34 Å². The molecule has 106 valence electrons. The van der Waals surface area contributed by atoms with Gasteiger partial charge in [-0.3, -0.25) is 10.1 Å². The predicted octanol–water partition coefficient (Wildman–Crippen LogP) is 4.41. The Kier molecular flexibility index (Phi) is 4.95. The number of nitro groups is 1. The van der Waals surface area contributed by atoms with Crippen molar-refractivity contribution in [2.24, 2.45) is 0 Å². The summed E-state index contributed by atoms with van der Waals surface area (Å²) in [5.41, 5.74) is 0.950. The zero-order chi connectivity index (χ0) is 14.7. The molecule has 1 aromatic carbocycles. The molecule has 7 heteroatoms. The third-order valence-corrected chi connectivity index (χ3v) is 3.97. The summed E-state index contributed by atoms with van der Waals surface area (Å²) in [6.07, 6.45) is 0. The molecule has 20 heavy (non-hydrogen) atoms. The van der Waals surface area contributed by atoms with Gasteiger partial charge in [0.1, 0.15) is 10.7 Å². The smallest absolute Gasteiger partial charge is 0.404 e. The van der Waals surface area contributed by atoms with Crippen LogP contribution < -0.4 is 5.32 Å². The lowest BCUT2D eigenvalue weighted by atomic mass is 10.0. The van der Waals surface area contributed by atoms with Crippen molar-refractivity contribution in [1.82, 2.24) is 5.32 Å². The molecule has 0 fully saturated rings. The second-order valence-corrected chi connectivity index (χ2v) is 5.86. The molecule has 0 aliphatic rings. The number of hydrogen-bond acceptors (Lipinski definition) is 4. The van der Waals surface area contributed by atoms with Crippen LogP contribution in [0.5, 0.6) is 0 Å². The average molecular weight is 404 g/mol. The van der Waals surface area contributed by atoms with E-state index in [9.17, 15) is 10.1 Å². The molecular weight excluding hydrogens is 392 g/mol. The largest absolute Gasteiger partial charge is 0.433 e. The number of halogens is 2. The molecular formula is C13H12Br2N2O3. The van der Waals surface area contributed by atoms with Crippen LogP contribution in [0.1, 0.15) is 24.3 Å². The van der Waals surface area contributed by atoms with Gasteiger partial charge < -0.3 is 9.73 Å². The minimum Gasteiger partial charge on any atom is -0.404 e. The Labute approximate surface area is 132 Å². The van der Waals surface area contributed by atoms with Gasteiger partial charge in [-0.05, 0) is 36.4 Å². The molecule has 1 aromatic heterocycles. The van der Waals surface area contributed by atoms with Gasteiger partial charge >= 0.3 is 5.88 Å². The van der Waals surface area contributed by atoms with Crippen LogP contribution in [0, 0.1) is 10.1 Å². The molecule has 0 spiro atoms. The van der Waals surface area contributed by atoms with Crippen molar-refractivity contribution in [2.45, 2.75) is 13.0 Å². The number of furan rings is 1. The van der Waals surface area contributed by atoms with Crippen LogP contribution in [-0.2, 0) is 0 Å². The van der Waals surface area contributed by atoms with E-state index in [1.54, 1.807) is 6.07 Å². The molecule has 1 atom stereocenters. The van der Waals surface area contributed by atoms with Crippen molar-refractivity contribution in [3.63, 3.8) is 0 Å². The number of rotatable bonds is 5. The van der Waals surface area contributed by atoms with Crippen LogP contribution in [0.4, 0.5) is 5.88 Å². The highest BCUT2D eigenvalue weighted by atomic mass is 79.9. The second kappa shape index (κ2) is 6.51. The van der Waals surface area contributed by atoms with E-state index in [0.717, 1.165) is 14.5 Å². The maximum atomic E-state index is 10.7. The molecule has 2 aromatic rings. The second-order valence-electron chi connectivity index (χ2n) is 4.09. The van der Waals surface area contributed by atoms with E-state index in [0.29, 0.717) is 12.3 Å². The van der Waals surface area contributed by atoms with Crippen LogP contribution in [0.15, 0.2) is 43.7 Å². The number of benzene rings is 1. The van der Waals surface area contributed by atoms with E-state index in [1.807, 2.05) is 25.1 Å². The summed E-state index contributed by atoms with van der Waals surface area (Å²) in [5, 5.41) is 14.0. The fourth-order valence-corrected chi connectivity index (χ4v) is 2.75. The number of nitrogens with zero attached hydrogens (tertiary/aromatic N) is 1. The van der Waals surface area contributed by atoms with Crippen molar-refractivity contribution in [2.75, 3.05) is 6.54 Å². The Bertz CT molecular complexity index is 628. The van der Waals surface area contributed by atoms with Crippen LogP contribution in [0.2, 0.25) is 0 Å². The Morgan fingerprint density at radius 3 is 2.70 bits per heavy atom. The monoisotopic (exact) mass is 402 g/mol. The van der Waals surface area contributed by atoms with Gasteiger partial charge in [-0.2, -0.15) is 0 Å². The molecule has 0 aliphatic heterocycles. The van der Waals surface area contributed by atoms with E-state index < -0.39 is 4.92 Å². The summed E-state index contributed by atoms with van der Waals surface area (Å²) in [5.74, 6) is 0.256. The van der Waals surface area contributed by atoms with Gasteiger partial charge in [-0.15, -0.1) is 0 Å². The van der Waals surface area contributed by atoms with Gasteiger partial charge in [0.15, 0.2) is 0 Å². The molecule has 0 aliphatic carbocycles. The average Bonchev–Trinajstić information content (AvgIpc) is 2.89. The van der Waals surface area contributed by atoms with Gasteiger partial charge in [0.2, 0.25) is 0 Å². The topological polar surface area (TPSA) is 68.3 Å². The van der Waals surface area contributed by atoms with Crippen LogP contribution in [0.25, 0.3) is 0 Å². The van der Waals surface area contributed by atoms with Crippen LogP contribution >= 0.6 is 31.9 Å². The van der Waals surface area contributed by atoms with E-state index in [-0.39, 0.29) is 11.9 Å². The van der Waals surface area contributed by atoms with E-state index in [2.05, 4.69) is 37.2 Å². The third-order valence-electron chi connectivity index (χ3n) is 2.75. The number of hydrogen-bond donors (Lipinski definition) is 1. The lowest BCUT2D eigenvalue weighted by Gasteiger charge is -2.17. The SMILES string of the molecule is CCNC(c1ccc([N+](=O)[O-])o1)c1cc(Br)ccc1Br. The lowest BCUT2D eigenvalue weighted by Crippen LogP contribution is -2.22. The maximum Gasteiger partial charge on any atom is 0.433 e. The minimum atomic E-state index is -0.539. The minimum absolute atomic E-state index is 0.249. The van der Waals surface area contributed by atoms with Crippen molar-refractivity contribution in [3.05, 3.63) is 60.7 Å². The Balaban J connectivity index is 2.44. The van der Waals surface area contributed by atoms with E-state index >= 15 is 0 Å². The molecule has 0 amide bonds. The van der Waals surface area contributed by atoms with Crippen LogP contribution in [-0.4, -0.2) is 11.5 Å². The van der Waals surface area contributed by atoms with Gasteiger partial charge in [-0.25, -0.2) is 0 Å². The van der Waals surface area contributed by atoms with Gasteiger partial charge in [0.05, 0.1) is 12.1 Å². The molecule has 1 heterocycles. The first-order valence-corrected chi connectivity index (χ1v) is 7.54. The normalized spacial score (nSPS) is 12.3. The molecule has 2 rings (SSSR count). The molecule has 0 saturated heterocycles. The van der Waals surface area contributed by atoms with E-state index in [1.165, 1.54) is 6.07 Å². The fraction of sp³-hybridized carbons (Fsp3) is 0.231. The highest BCUT2D eigenvalue weighted by molar-refractivity contribution is 9.11. The van der Waals surface area contributed by atoms with Crippen LogP contribution in [0.3, 0.4) is 0 Å². The quantitative estimate of drug-likeness (QED) is 0.592. The van der Waals surface area contributed by atoms with Gasteiger partial charge in [-0.1, -0.05) is 38.8 Å². The predicted molar refractivity (Wildman–Crippen MR) is 82.7 cm³/mol. The summed E-state index contributed by atoms with van der Waals surface area (Å²) >= 11 is 6.93. The fourth-order valence-electron chi connectivity index (χ4n) is 1.90. The summed E-state index contributed by atoms with van der Waals surface area (Å²) in [4.78, 5) is 10.2. The molecule has 0 bridgehead atoms. The summed E-state index contributed by atoms with van der Waals surface area (Å²) in [7, 11) is 0. The first kappa shape index (κ1) is 15.2. The first-order chi connectivity index (χ1) is 9.52. The summed E-state index contributed by atoms with van der Waals surface area (Å²) in [6.45, 7) is 2.67. The molecule has 0 saturated carbocycles. The van der Waals surface area contributed by atoms with E-state index in [4.69, 9.17) is 4.42 Å². The summed E-state index contributed by atoms with van der Waals surface area (Å²) < 4.78 is 7.15. The Hall–Kier alpha value is -1.18. The molecule has 1 unspecified atom stereocenters. The zero-order valence-electron chi connectivity index (χ0n) is 10.6. The highest BCUT2D eigenvalue weighted by Crippen LogP contribution is 2.33. The highest BCUT2D eigenvalue weighted by Gasteiger charge is 2.22. The molecule has 0 radical (unpaired) electrons. The van der Waals surface area contributed by atoms with Gasteiger partial charge in [0, 0.05) is 8.95 Å². The molecule has 5 nitrogen and oxygen atoms in total. The first-order valence-electron chi connectivity index (χ1n) is 5.95. The standard InChI is InChI=1S/C13H12Br2N2O3/c1-2-16-13(9-7-8(14)3-4-10(9)15)11-5-6-12(20-11)17(18)19/h3-7,13,16H,2H2,1H3. The van der Waals surface area contributed by atoms with Crippen molar-refractivity contribution >= 4 is 37.7 Å². The summed E-state index contributed by atoms with van der Waals surface area (Å²) in [6, 6.07) is 8.53. The third kappa shape index (κ3) is 3.28. The lowest BCUT2D eigenvalue weighted by molar-refractivity contribution is -0.402. The van der Waals surface area contributed by atoms with Crippen molar-refractivity contribution in [3.8, 4) is 0 Å². The van der Waals surface area contributed by atoms with Gasteiger partial charge in [0.25, 0.3) is 0 Å².